The van der Waals surface area contributed by atoms with E-state index in [1.54, 1.807) is 0 Å². The van der Waals surface area contributed by atoms with Crippen molar-refractivity contribution >= 4 is 23.9 Å². The average molecular weight is 339 g/mol. The Morgan fingerprint density at radius 3 is 2.54 bits per heavy atom. The Balaban J connectivity index is 1.94. The zero-order chi connectivity index (χ0) is 17.6. The van der Waals surface area contributed by atoms with Crippen molar-refractivity contribution in [2.75, 3.05) is 26.7 Å². The van der Waals surface area contributed by atoms with Crippen LogP contribution < -0.4 is 5.32 Å². The molecule has 0 radical (unpaired) electrons. The number of hydrogen-bond acceptors (Lipinski definition) is 7. The van der Waals surface area contributed by atoms with E-state index in [-0.39, 0.29) is 18.8 Å². The molecule has 0 bridgehead atoms. The summed E-state index contributed by atoms with van der Waals surface area (Å²) in [5.74, 6) is -1.17. The van der Waals surface area contributed by atoms with Crippen LogP contribution in [0.4, 0.5) is 4.79 Å². The zero-order valence-electron chi connectivity index (χ0n) is 13.8. The highest BCUT2D eigenvalue weighted by Crippen LogP contribution is 2.26. The van der Waals surface area contributed by atoms with Gasteiger partial charge >= 0.3 is 12.0 Å². The summed E-state index contributed by atoms with van der Waals surface area (Å²) >= 11 is 0. The summed E-state index contributed by atoms with van der Waals surface area (Å²) in [6, 6.07) is -1.38. The Hall–Kier alpha value is -2.36. The summed E-state index contributed by atoms with van der Waals surface area (Å²) in [6.45, 7) is 4.57. The SMILES string of the molecule is CC1CN(C2=NC3C(C(=O)NC(=O)N3C)N2CC(=O)O)CC(C)O1. The minimum absolute atomic E-state index is 0.0426. The standard InChI is InChI=1S/C14H21N5O5/c1-7-4-18(5-8(2)24-7)13-15-11-10(19(13)6-9(20)21)12(22)16-14(23)17(11)3/h7-8,10-11H,4-6H2,1-3H3,(H,20,21)(H,16,22,23). The van der Waals surface area contributed by atoms with Gasteiger partial charge in [-0.3, -0.25) is 14.9 Å². The smallest absolute Gasteiger partial charge is 0.325 e. The first kappa shape index (κ1) is 16.5. The minimum atomic E-state index is -1.06. The van der Waals surface area contributed by atoms with E-state index in [0.29, 0.717) is 19.0 Å². The zero-order valence-corrected chi connectivity index (χ0v) is 13.8. The topological polar surface area (TPSA) is 115 Å². The number of carboxylic acid groups (broad SMARTS) is 1. The molecule has 2 saturated heterocycles. The fraction of sp³-hybridized carbons (Fsp3) is 0.714. The number of morpholine rings is 1. The van der Waals surface area contributed by atoms with Crippen molar-refractivity contribution in [3.63, 3.8) is 0 Å². The van der Waals surface area contributed by atoms with Crippen LogP contribution in [0.15, 0.2) is 4.99 Å². The molecular formula is C14H21N5O5. The largest absolute Gasteiger partial charge is 0.480 e. The third-order valence-electron chi connectivity index (χ3n) is 4.35. The number of carbonyl (C=O) groups excluding carboxylic acids is 2. The number of fused-ring (bicyclic) bond motifs is 1. The van der Waals surface area contributed by atoms with Gasteiger partial charge in [-0.2, -0.15) is 0 Å². The molecular weight excluding hydrogens is 318 g/mol. The molecule has 0 spiro atoms. The van der Waals surface area contributed by atoms with Gasteiger partial charge in [-0.15, -0.1) is 0 Å². The second kappa shape index (κ2) is 5.93. The molecule has 10 nitrogen and oxygen atoms in total. The number of aliphatic imine (C=N–C) groups is 1. The predicted octanol–water partition coefficient (Wildman–Crippen LogP) is -1.27. The van der Waals surface area contributed by atoms with Crippen LogP contribution in [0.25, 0.3) is 0 Å². The Morgan fingerprint density at radius 2 is 1.96 bits per heavy atom. The lowest BCUT2D eigenvalue weighted by Crippen LogP contribution is -2.65. The predicted molar refractivity (Wildman–Crippen MR) is 82.2 cm³/mol. The minimum Gasteiger partial charge on any atom is -0.480 e. The molecule has 0 aliphatic carbocycles. The molecule has 0 aromatic rings. The van der Waals surface area contributed by atoms with Crippen molar-refractivity contribution in [2.24, 2.45) is 4.99 Å². The van der Waals surface area contributed by atoms with Crippen LogP contribution in [0.3, 0.4) is 0 Å². The molecule has 4 atom stereocenters. The second-order valence-electron chi connectivity index (χ2n) is 6.38. The first-order chi connectivity index (χ1) is 11.3. The van der Waals surface area contributed by atoms with Gasteiger partial charge in [0, 0.05) is 20.1 Å². The summed E-state index contributed by atoms with van der Waals surface area (Å²) < 4.78 is 5.69. The summed E-state index contributed by atoms with van der Waals surface area (Å²) in [4.78, 5) is 44.6. The highest BCUT2D eigenvalue weighted by atomic mass is 16.5. The maximum Gasteiger partial charge on any atom is 0.325 e. The van der Waals surface area contributed by atoms with Crippen LogP contribution in [0, 0.1) is 0 Å². The van der Waals surface area contributed by atoms with Crippen LogP contribution in [0.5, 0.6) is 0 Å². The number of carboxylic acids is 1. The third-order valence-corrected chi connectivity index (χ3v) is 4.35. The van der Waals surface area contributed by atoms with Crippen molar-refractivity contribution in [2.45, 2.75) is 38.3 Å². The number of hydrogen-bond donors (Lipinski definition) is 2. The molecule has 0 aromatic heterocycles. The maximum absolute atomic E-state index is 12.3. The number of urea groups is 1. The normalized spacial score (nSPS) is 33.3. The van der Waals surface area contributed by atoms with Gasteiger partial charge in [0.1, 0.15) is 6.54 Å². The lowest BCUT2D eigenvalue weighted by molar-refractivity contribution is -0.139. The van der Waals surface area contributed by atoms with Crippen LogP contribution in [0.1, 0.15) is 13.8 Å². The molecule has 3 aliphatic heterocycles. The fourth-order valence-electron chi connectivity index (χ4n) is 3.43. The fourth-order valence-corrected chi connectivity index (χ4v) is 3.43. The van der Waals surface area contributed by atoms with Crippen LogP contribution in [-0.2, 0) is 14.3 Å². The van der Waals surface area contributed by atoms with E-state index in [4.69, 9.17) is 4.74 Å². The number of rotatable bonds is 2. The van der Waals surface area contributed by atoms with Crippen molar-refractivity contribution in [3.05, 3.63) is 0 Å². The highest BCUT2D eigenvalue weighted by molar-refractivity contribution is 6.04. The van der Waals surface area contributed by atoms with E-state index in [9.17, 15) is 19.5 Å². The molecule has 132 valence electrons. The van der Waals surface area contributed by atoms with Crippen LogP contribution >= 0.6 is 0 Å². The van der Waals surface area contributed by atoms with Crippen molar-refractivity contribution in [1.29, 1.82) is 0 Å². The van der Waals surface area contributed by atoms with E-state index in [2.05, 4.69) is 10.3 Å². The van der Waals surface area contributed by atoms with Gasteiger partial charge in [0.25, 0.3) is 5.91 Å². The van der Waals surface area contributed by atoms with Gasteiger partial charge in [-0.25, -0.2) is 9.79 Å². The number of nitrogens with one attached hydrogen (secondary N) is 1. The van der Waals surface area contributed by atoms with Gasteiger partial charge in [0.05, 0.1) is 12.2 Å². The molecule has 2 fully saturated rings. The van der Waals surface area contributed by atoms with Gasteiger partial charge in [-0.1, -0.05) is 0 Å². The number of aliphatic carboxylic acids is 1. The van der Waals surface area contributed by atoms with Crippen molar-refractivity contribution in [3.8, 4) is 0 Å². The molecule has 0 saturated carbocycles. The molecule has 3 heterocycles. The molecule has 3 rings (SSSR count). The average Bonchev–Trinajstić information content (AvgIpc) is 2.83. The molecule has 3 aliphatic rings. The van der Waals surface area contributed by atoms with E-state index in [1.807, 2.05) is 18.7 Å². The van der Waals surface area contributed by atoms with E-state index < -0.39 is 30.1 Å². The Labute approximate surface area is 139 Å². The molecule has 0 aromatic carbocycles. The Bertz CT molecular complexity index is 598. The van der Waals surface area contributed by atoms with Crippen LogP contribution in [0.2, 0.25) is 0 Å². The quantitative estimate of drug-likeness (QED) is 0.644. The Kier molecular flexibility index (Phi) is 4.08. The van der Waals surface area contributed by atoms with Crippen LogP contribution in [-0.4, -0.2) is 94.8 Å². The van der Waals surface area contributed by atoms with E-state index in [1.165, 1.54) is 16.8 Å². The number of guanidine groups is 1. The van der Waals surface area contributed by atoms with E-state index in [0.717, 1.165) is 0 Å². The first-order valence-electron chi connectivity index (χ1n) is 7.82. The molecule has 10 heteroatoms. The van der Waals surface area contributed by atoms with Crippen molar-refractivity contribution in [1.82, 2.24) is 20.0 Å². The summed E-state index contributed by atoms with van der Waals surface area (Å²) in [5, 5.41) is 11.5. The third kappa shape index (κ3) is 2.77. The monoisotopic (exact) mass is 339 g/mol. The number of nitrogens with zero attached hydrogens (tertiary/aromatic N) is 4. The number of carbonyl (C=O) groups is 3. The first-order valence-corrected chi connectivity index (χ1v) is 7.82. The Morgan fingerprint density at radius 1 is 1.33 bits per heavy atom. The molecule has 3 amide bonds. The number of ether oxygens (including phenoxy) is 1. The van der Waals surface area contributed by atoms with Gasteiger partial charge in [-0.05, 0) is 13.8 Å². The van der Waals surface area contributed by atoms with E-state index >= 15 is 0 Å². The number of imide groups is 1. The highest BCUT2D eigenvalue weighted by Gasteiger charge is 2.50. The van der Waals surface area contributed by atoms with Gasteiger partial charge in [0.15, 0.2) is 18.2 Å². The number of amides is 3. The lowest BCUT2D eigenvalue weighted by atomic mass is 10.1. The summed E-state index contributed by atoms with van der Waals surface area (Å²) in [5.41, 5.74) is 0. The maximum atomic E-state index is 12.3. The van der Waals surface area contributed by atoms with Gasteiger partial charge < -0.3 is 24.5 Å². The second-order valence-corrected chi connectivity index (χ2v) is 6.38. The molecule has 24 heavy (non-hydrogen) atoms. The van der Waals surface area contributed by atoms with Crippen molar-refractivity contribution < 1.29 is 24.2 Å². The summed E-state index contributed by atoms with van der Waals surface area (Å²) in [6.07, 6.45) is -0.813. The number of likely N-dealkylation sites (N-methyl/N-ethyl adjacent to an activating group) is 1. The van der Waals surface area contributed by atoms with Gasteiger partial charge in [0.2, 0.25) is 0 Å². The lowest BCUT2D eigenvalue weighted by Gasteiger charge is -2.40. The molecule has 2 N–H and O–H groups in total. The summed E-state index contributed by atoms with van der Waals surface area (Å²) in [7, 11) is 1.54. The molecule has 4 unspecified atom stereocenters.